The summed E-state index contributed by atoms with van der Waals surface area (Å²) in [4.78, 5) is 14.3. The maximum absolute atomic E-state index is 12.5. The van der Waals surface area contributed by atoms with Crippen molar-refractivity contribution < 1.29 is 9.53 Å². The standard InChI is InChI=1S/C23H25NO2/c25-23(26-19-21-14-5-2-6-15-21)24-18-10-9-17-22(24)16-8-7-13-20-11-3-1-4-12-20/h1-8,11-16,22H,9-10,17-19H2/b13-7+,16-8+/t22-/m1/s1. The Bertz CT molecular complexity index is 737. The molecule has 134 valence electrons. The molecule has 1 amide bonds. The minimum absolute atomic E-state index is 0.104. The Balaban J connectivity index is 1.55. The first-order valence-electron chi connectivity index (χ1n) is 9.20. The fraction of sp³-hybridized carbons (Fsp3) is 0.261. The van der Waals surface area contributed by atoms with Crippen LogP contribution in [0, 0.1) is 0 Å². The van der Waals surface area contributed by atoms with E-state index >= 15 is 0 Å². The van der Waals surface area contributed by atoms with Crippen molar-refractivity contribution in [2.24, 2.45) is 0 Å². The zero-order valence-electron chi connectivity index (χ0n) is 15.0. The van der Waals surface area contributed by atoms with Gasteiger partial charge in [0, 0.05) is 6.54 Å². The molecular weight excluding hydrogens is 322 g/mol. The highest BCUT2D eigenvalue weighted by atomic mass is 16.6. The van der Waals surface area contributed by atoms with Gasteiger partial charge in [0.2, 0.25) is 0 Å². The second-order valence-electron chi connectivity index (χ2n) is 6.45. The highest BCUT2D eigenvalue weighted by Gasteiger charge is 2.25. The minimum Gasteiger partial charge on any atom is -0.445 e. The first-order valence-corrected chi connectivity index (χ1v) is 9.20. The van der Waals surface area contributed by atoms with Gasteiger partial charge >= 0.3 is 6.09 Å². The molecule has 3 rings (SSSR count). The number of hydrogen-bond acceptors (Lipinski definition) is 2. The van der Waals surface area contributed by atoms with E-state index in [0.29, 0.717) is 6.61 Å². The molecule has 26 heavy (non-hydrogen) atoms. The van der Waals surface area contributed by atoms with Gasteiger partial charge in [0.25, 0.3) is 0 Å². The average molecular weight is 347 g/mol. The first-order chi connectivity index (χ1) is 12.8. The van der Waals surface area contributed by atoms with Crippen LogP contribution in [0.3, 0.4) is 0 Å². The summed E-state index contributed by atoms with van der Waals surface area (Å²) in [7, 11) is 0. The molecule has 0 N–H and O–H groups in total. The van der Waals surface area contributed by atoms with E-state index in [0.717, 1.165) is 31.4 Å². The molecule has 1 aliphatic heterocycles. The summed E-state index contributed by atoms with van der Waals surface area (Å²) < 4.78 is 5.51. The van der Waals surface area contributed by atoms with E-state index in [4.69, 9.17) is 4.74 Å². The van der Waals surface area contributed by atoms with Crippen LogP contribution in [0.15, 0.2) is 78.9 Å². The minimum atomic E-state index is -0.227. The predicted octanol–water partition coefficient (Wildman–Crippen LogP) is 5.45. The second-order valence-corrected chi connectivity index (χ2v) is 6.45. The summed E-state index contributed by atoms with van der Waals surface area (Å²) in [6.45, 7) is 1.07. The van der Waals surface area contributed by atoms with Crippen LogP contribution in [0.5, 0.6) is 0 Å². The number of allylic oxidation sites excluding steroid dienone is 2. The van der Waals surface area contributed by atoms with Gasteiger partial charge in [-0.15, -0.1) is 0 Å². The van der Waals surface area contributed by atoms with Gasteiger partial charge in [-0.2, -0.15) is 0 Å². The Morgan fingerprint density at radius 2 is 1.73 bits per heavy atom. The number of piperidine rings is 1. The van der Waals surface area contributed by atoms with Gasteiger partial charge in [0.1, 0.15) is 6.61 Å². The molecule has 0 bridgehead atoms. The largest absolute Gasteiger partial charge is 0.445 e. The third kappa shape index (κ3) is 5.35. The SMILES string of the molecule is O=C(OCc1ccccc1)N1CCCC[C@H]1/C=C/C=C/c1ccccc1. The molecule has 3 nitrogen and oxygen atoms in total. The Morgan fingerprint density at radius 3 is 2.50 bits per heavy atom. The van der Waals surface area contributed by atoms with Crippen molar-refractivity contribution in [3.8, 4) is 0 Å². The van der Waals surface area contributed by atoms with Gasteiger partial charge in [-0.3, -0.25) is 0 Å². The zero-order chi connectivity index (χ0) is 18.0. The van der Waals surface area contributed by atoms with E-state index < -0.39 is 0 Å². The quantitative estimate of drug-likeness (QED) is 0.673. The van der Waals surface area contributed by atoms with E-state index in [1.54, 1.807) is 0 Å². The van der Waals surface area contributed by atoms with Gasteiger partial charge in [0.15, 0.2) is 0 Å². The van der Waals surface area contributed by atoms with E-state index in [1.807, 2.05) is 65.6 Å². The number of carbonyl (C=O) groups excluding carboxylic acids is 1. The monoisotopic (exact) mass is 347 g/mol. The Labute approximate surface area is 155 Å². The van der Waals surface area contributed by atoms with Crippen molar-refractivity contribution in [2.75, 3.05) is 6.54 Å². The number of carbonyl (C=O) groups is 1. The fourth-order valence-electron chi connectivity index (χ4n) is 3.11. The first kappa shape index (κ1) is 18.0. The lowest BCUT2D eigenvalue weighted by atomic mass is 10.0. The molecule has 1 fully saturated rings. The van der Waals surface area contributed by atoms with Crippen molar-refractivity contribution in [1.29, 1.82) is 0 Å². The van der Waals surface area contributed by atoms with E-state index in [2.05, 4.69) is 24.3 Å². The predicted molar refractivity (Wildman–Crippen MR) is 106 cm³/mol. The molecule has 0 saturated carbocycles. The van der Waals surface area contributed by atoms with Gasteiger partial charge in [0.05, 0.1) is 6.04 Å². The fourth-order valence-corrected chi connectivity index (χ4v) is 3.11. The number of likely N-dealkylation sites (tertiary alicyclic amines) is 1. The van der Waals surface area contributed by atoms with Crippen LogP contribution in [0.1, 0.15) is 30.4 Å². The number of amides is 1. The molecule has 0 aromatic heterocycles. The van der Waals surface area contributed by atoms with E-state index in [1.165, 1.54) is 5.56 Å². The van der Waals surface area contributed by atoms with Gasteiger partial charge in [-0.1, -0.05) is 85.0 Å². The molecule has 0 unspecified atom stereocenters. The van der Waals surface area contributed by atoms with Crippen molar-refractivity contribution in [3.05, 3.63) is 90.0 Å². The van der Waals surface area contributed by atoms with Crippen molar-refractivity contribution in [3.63, 3.8) is 0 Å². The number of nitrogens with zero attached hydrogens (tertiary/aromatic N) is 1. The Kier molecular flexibility index (Phi) is 6.66. The van der Waals surface area contributed by atoms with Crippen LogP contribution in [-0.2, 0) is 11.3 Å². The Hall–Kier alpha value is -2.81. The molecule has 0 aliphatic carbocycles. The van der Waals surface area contributed by atoms with Crippen LogP contribution >= 0.6 is 0 Å². The summed E-state index contributed by atoms with van der Waals surface area (Å²) in [5.74, 6) is 0. The van der Waals surface area contributed by atoms with Crippen molar-refractivity contribution >= 4 is 12.2 Å². The normalized spacial score (nSPS) is 17.7. The third-order valence-corrected chi connectivity index (χ3v) is 4.52. The van der Waals surface area contributed by atoms with Crippen LogP contribution in [0.25, 0.3) is 6.08 Å². The molecule has 2 aromatic rings. The zero-order valence-corrected chi connectivity index (χ0v) is 15.0. The molecule has 1 aliphatic rings. The van der Waals surface area contributed by atoms with Crippen molar-refractivity contribution in [2.45, 2.75) is 31.9 Å². The summed E-state index contributed by atoms with van der Waals surface area (Å²) >= 11 is 0. The topological polar surface area (TPSA) is 29.5 Å². The molecule has 1 heterocycles. The van der Waals surface area contributed by atoms with E-state index in [9.17, 15) is 4.79 Å². The lowest BCUT2D eigenvalue weighted by Gasteiger charge is -2.33. The summed E-state index contributed by atoms with van der Waals surface area (Å²) in [6.07, 6.45) is 11.1. The third-order valence-electron chi connectivity index (χ3n) is 4.52. The summed E-state index contributed by atoms with van der Waals surface area (Å²) in [5, 5.41) is 0. The molecule has 2 aromatic carbocycles. The van der Waals surface area contributed by atoms with Crippen LogP contribution in [0.4, 0.5) is 4.79 Å². The number of rotatable bonds is 5. The van der Waals surface area contributed by atoms with Crippen LogP contribution in [-0.4, -0.2) is 23.6 Å². The average Bonchev–Trinajstić information content (AvgIpc) is 2.71. The summed E-state index contributed by atoms with van der Waals surface area (Å²) in [6, 6.07) is 20.1. The van der Waals surface area contributed by atoms with Crippen molar-refractivity contribution in [1.82, 2.24) is 4.90 Å². The second kappa shape index (κ2) is 9.62. The molecule has 0 radical (unpaired) electrons. The van der Waals surface area contributed by atoms with Gasteiger partial charge in [-0.25, -0.2) is 4.79 Å². The molecule has 1 atom stereocenters. The smallest absolute Gasteiger partial charge is 0.410 e. The molecule has 0 spiro atoms. The number of ether oxygens (including phenoxy) is 1. The summed E-state index contributed by atoms with van der Waals surface area (Å²) in [5.41, 5.74) is 2.18. The lowest BCUT2D eigenvalue weighted by Crippen LogP contribution is -2.42. The lowest BCUT2D eigenvalue weighted by molar-refractivity contribution is 0.0775. The number of benzene rings is 2. The van der Waals surface area contributed by atoms with Crippen LogP contribution in [0.2, 0.25) is 0 Å². The van der Waals surface area contributed by atoms with E-state index in [-0.39, 0.29) is 12.1 Å². The molecule has 1 saturated heterocycles. The highest BCUT2D eigenvalue weighted by molar-refractivity contribution is 5.68. The van der Waals surface area contributed by atoms with Gasteiger partial charge in [-0.05, 0) is 30.4 Å². The van der Waals surface area contributed by atoms with Gasteiger partial charge < -0.3 is 9.64 Å². The highest BCUT2D eigenvalue weighted by Crippen LogP contribution is 2.19. The van der Waals surface area contributed by atoms with Crippen LogP contribution < -0.4 is 0 Å². The maximum atomic E-state index is 12.5. The maximum Gasteiger partial charge on any atom is 0.410 e. The Morgan fingerprint density at radius 1 is 1.00 bits per heavy atom. The molecular formula is C23H25NO2. The molecule has 3 heteroatoms. The number of hydrogen-bond donors (Lipinski definition) is 0.